The summed E-state index contributed by atoms with van der Waals surface area (Å²) in [4.78, 5) is 11.5. The number of carbonyl (C=O) groups is 1. The van der Waals surface area contributed by atoms with Gasteiger partial charge in [-0.1, -0.05) is 6.07 Å². The van der Waals surface area contributed by atoms with E-state index >= 15 is 0 Å². The van der Waals surface area contributed by atoms with Crippen molar-refractivity contribution in [1.82, 2.24) is 0 Å². The van der Waals surface area contributed by atoms with Gasteiger partial charge < -0.3 is 20.2 Å². The molecule has 0 fully saturated rings. The largest absolute Gasteiger partial charge is 0.465 e. The molecule has 5 heteroatoms. The number of nitrogens with one attached hydrogen (secondary N) is 1. The van der Waals surface area contributed by atoms with Crippen LogP contribution in [0.25, 0.3) is 0 Å². The molecule has 0 unspecified atom stereocenters. The molecule has 0 radical (unpaired) electrons. The van der Waals surface area contributed by atoms with Crippen LogP contribution in [0, 0.1) is 6.92 Å². The average Bonchev–Trinajstić information content (AvgIpc) is 2.82. The molecule has 0 amide bonds. The fourth-order valence-corrected chi connectivity index (χ4v) is 1.77. The van der Waals surface area contributed by atoms with Crippen LogP contribution >= 0.6 is 0 Å². The van der Waals surface area contributed by atoms with Crippen LogP contribution in [-0.2, 0) is 11.3 Å². The van der Waals surface area contributed by atoms with Crippen molar-refractivity contribution < 1.29 is 13.9 Å². The van der Waals surface area contributed by atoms with Gasteiger partial charge in [-0.05, 0) is 31.2 Å². The van der Waals surface area contributed by atoms with Gasteiger partial charge in [0.05, 0.1) is 30.6 Å². The predicted octanol–water partition coefficient (Wildman–Crippen LogP) is 2.57. The Hall–Kier alpha value is -2.43. The van der Waals surface area contributed by atoms with Gasteiger partial charge in [-0.15, -0.1) is 0 Å². The van der Waals surface area contributed by atoms with Gasteiger partial charge in [-0.3, -0.25) is 0 Å². The van der Waals surface area contributed by atoms with Crippen molar-refractivity contribution in [2.45, 2.75) is 13.5 Å². The van der Waals surface area contributed by atoms with E-state index in [0.29, 0.717) is 23.5 Å². The third-order valence-corrected chi connectivity index (χ3v) is 2.76. The molecule has 5 nitrogen and oxygen atoms in total. The lowest BCUT2D eigenvalue weighted by Gasteiger charge is -2.11. The van der Waals surface area contributed by atoms with E-state index in [-0.39, 0.29) is 0 Å². The Kier molecular flexibility index (Phi) is 3.75. The summed E-state index contributed by atoms with van der Waals surface area (Å²) < 4.78 is 10.1. The van der Waals surface area contributed by atoms with Crippen molar-refractivity contribution in [3.05, 3.63) is 47.4 Å². The standard InChI is InChI=1S/C14H16N2O3/c1-9-6-7-10(19-9)8-16-12-5-3-4-11(13(12)15)14(17)18-2/h3-7,16H,8,15H2,1-2H3. The summed E-state index contributed by atoms with van der Waals surface area (Å²) in [5.74, 6) is 1.21. The van der Waals surface area contributed by atoms with E-state index in [4.69, 9.17) is 10.2 Å². The van der Waals surface area contributed by atoms with Crippen LogP contribution in [0.5, 0.6) is 0 Å². The van der Waals surface area contributed by atoms with Gasteiger partial charge in [-0.2, -0.15) is 0 Å². The number of methoxy groups -OCH3 is 1. The first-order chi connectivity index (χ1) is 9.11. The normalized spacial score (nSPS) is 10.2. The predicted molar refractivity (Wildman–Crippen MR) is 73.0 cm³/mol. The van der Waals surface area contributed by atoms with Gasteiger partial charge in [0.1, 0.15) is 11.5 Å². The molecule has 0 atom stereocenters. The monoisotopic (exact) mass is 260 g/mol. The van der Waals surface area contributed by atoms with Gasteiger partial charge in [0.2, 0.25) is 0 Å². The summed E-state index contributed by atoms with van der Waals surface area (Å²) in [7, 11) is 1.33. The van der Waals surface area contributed by atoms with Crippen LogP contribution in [0.1, 0.15) is 21.9 Å². The van der Waals surface area contributed by atoms with Crippen molar-refractivity contribution in [1.29, 1.82) is 0 Å². The van der Waals surface area contributed by atoms with Crippen LogP contribution in [0.2, 0.25) is 0 Å². The lowest BCUT2D eigenvalue weighted by atomic mass is 10.1. The molecule has 100 valence electrons. The van der Waals surface area contributed by atoms with Crippen LogP contribution in [0.4, 0.5) is 11.4 Å². The zero-order valence-corrected chi connectivity index (χ0v) is 10.9. The number of aryl methyl sites for hydroxylation is 1. The Morgan fingerprint density at radius 2 is 2.16 bits per heavy atom. The van der Waals surface area contributed by atoms with Crippen LogP contribution in [0.15, 0.2) is 34.7 Å². The van der Waals surface area contributed by atoms with Crippen LogP contribution < -0.4 is 11.1 Å². The fraction of sp³-hybridized carbons (Fsp3) is 0.214. The first-order valence-corrected chi connectivity index (χ1v) is 5.88. The van der Waals surface area contributed by atoms with Crippen LogP contribution in [0.3, 0.4) is 0 Å². The second-order valence-electron chi connectivity index (χ2n) is 4.12. The Bertz CT molecular complexity index is 590. The maximum Gasteiger partial charge on any atom is 0.340 e. The quantitative estimate of drug-likeness (QED) is 0.652. The molecule has 1 aromatic carbocycles. The second-order valence-corrected chi connectivity index (χ2v) is 4.12. The Balaban J connectivity index is 2.14. The zero-order valence-electron chi connectivity index (χ0n) is 10.9. The number of nitrogens with two attached hydrogens (primary N) is 1. The number of benzene rings is 1. The lowest BCUT2D eigenvalue weighted by molar-refractivity contribution is 0.0602. The number of furan rings is 1. The highest BCUT2D eigenvalue weighted by Gasteiger charge is 2.12. The molecule has 0 bridgehead atoms. The van der Waals surface area contributed by atoms with E-state index in [1.165, 1.54) is 7.11 Å². The minimum atomic E-state index is -0.449. The topological polar surface area (TPSA) is 77.5 Å². The van der Waals surface area contributed by atoms with Gasteiger partial charge in [0, 0.05) is 0 Å². The van der Waals surface area contributed by atoms with Crippen molar-refractivity contribution in [3.8, 4) is 0 Å². The Labute approximate surface area is 111 Å². The highest BCUT2D eigenvalue weighted by atomic mass is 16.5. The summed E-state index contributed by atoms with van der Waals surface area (Å²) in [6.07, 6.45) is 0. The van der Waals surface area contributed by atoms with E-state index < -0.39 is 5.97 Å². The van der Waals surface area contributed by atoms with Crippen LogP contribution in [-0.4, -0.2) is 13.1 Å². The molecule has 2 rings (SSSR count). The second kappa shape index (κ2) is 5.48. The molecule has 0 saturated heterocycles. The third kappa shape index (κ3) is 2.88. The summed E-state index contributed by atoms with van der Waals surface area (Å²) >= 11 is 0. The SMILES string of the molecule is COC(=O)c1cccc(NCc2ccc(C)o2)c1N. The van der Waals surface area contributed by atoms with E-state index in [1.807, 2.05) is 19.1 Å². The van der Waals surface area contributed by atoms with E-state index in [9.17, 15) is 4.79 Å². The van der Waals surface area contributed by atoms with Crippen molar-refractivity contribution >= 4 is 17.3 Å². The number of hydrogen-bond donors (Lipinski definition) is 2. The summed E-state index contributed by atoms with van der Waals surface area (Å²) in [6.45, 7) is 2.39. The number of rotatable bonds is 4. The van der Waals surface area contributed by atoms with E-state index in [2.05, 4.69) is 10.1 Å². The minimum Gasteiger partial charge on any atom is -0.465 e. The zero-order chi connectivity index (χ0) is 13.8. The smallest absolute Gasteiger partial charge is 0.340 e. The molecular weight excluding hydrogens is 244 g/mol. The summed E-state index contributed by atoms with van der Waals surface area (Å²) in [5, 5.41) is 3.14. The summed E-state index contributed by atoms with van der Waals surface area (Å²) in [5.41, 5.74) is 7.34. The number of nitrogen functional groups attached to an aromatic ring is 1. The molecule has 3 N–H and O–H groups in total. The fourth-order valence-electron chi connectivity index (χ4n) is 1.77. The number of hydrogen-bond acceptors (Lipinski definition) is 5. The van der Waals surface area contributed by atoms with E-state index in [0.717, 1.165) is 11.5 Å². The van der Waals surface area contributed by atoms with Crippen molar-refractivity contribution in [2.75, 3.05) is 18.2 Å². The first kappa shape index (κ1) is 13.0. The maximum absolute atomic E-state index is 11.5. The molecule has 1 heterocycles. The van der Waals surface area contributed by atoms with Gasteiger partial charge in [-0.25, -0.2) is 4.79 Å². The van der Waals surface area contributed by atoms with Gasteiger partial charge in [0.15, 0.2) is 0 Å². The summed E-state index contributed by atoms with van der Waals surface area (Å²) in [6, 6.07) is 8.97. The van der Waals surface area contributed by atoms with Crippen molar-refractivity contribution in [3.63, 3.8) is 0 Å². The number of carbonyl (C=O) groups excluding carboxylic acids is 1. The number of esters is 1. The molecule has 0 aliphatic rings. The number of ether oxygens (including phenoxy) is 1. The van der Waals surface area contributed by atoms with Gasteiger partial charge in [0.25, 0.3) is 0 Å². The molecule has 19 heavy (non-hydrogen) atoms. The van der Waals surface area contributed by atoms with E-state index in [1.54, 1.807) is 18.2 Å². The Morgan fingerprint density at radius 3 is 2.79 bits per heavy atom. The third-order valence-electron chi connectivity index (χ3n) is 2.76. The molecule has 0 saturated carbocycles. The number of anilines is 2. The molecule has 1 aromatic heterocycles. The number of para-hydroxylation sites is 1. The molecular formula is C14H16N2O3. The highest BCUT2D eigenvalue weighted by molar-refractivity contribution is 5.98. The molecule has 2 aromatic rings. The maximum atomic E-state index is 11.5. The highest BCUT2D eigenvalue weighted by Crippen LogP contribution is 2.24. The van der Waals surface area contributed by atoms with Crippen molar-refractivity contribution in [2.24, 2.45) is 0 Å². The average molecular weight is 260 g/mol. The lowest BCUT2D eigenvalue weighted by Crippen LogP contribution is -2.09. The molecule has 0 aliphatic carbocycles. The molecule has 0 aliphatic heterocycles. The molecule has 0 spiro atoms. The van der Waals surface area contributed by atoms with Gasteiger partial charge >= 0.3 is 5.97 Å². The first-order valence-electron chi connectivity index (χ1n) is 5.88. The minimum absolute atomic E-state index is 0.350. The Morgan fingerprint density at radius 1 is 1.37 bits per heavy atom.